The molecule has 4 rings (SSSR count). The number of halogens is 1. The molecule has 3 aromatic rings. The van der Waals surface area contributed by atoms with Crippen molar-refractivity contribution in [2.24, 2.45) is 5.10 Å². The quantitative estimate of drug-likeness (QED) is 0.313. The molecule has 1 N–H and O–H groups in total. The minimum absolute atomic E-state index is 0.0821. The first-order valence-electron chi connectivity index (χ1n) is 10.8. The van der Waals surface area contributed by atoms with Gasteiger partial charge in [-0.05, 0) is 56.9 Å². The van der Waals surface area contributed by atoms with Crippen molar-refractivity contribution in [2.45, 2.75) is 11.9 Å². The van der Waals surface area contributed by atoms with Gasteiger partial charge in [0.05, 0.1) is 30.7 Å². The minimum atomic E-state index is -0.330. The fraction of sp³-hybridized carbons (Fsp3) is 0.192. The third-order valence-electron chi connectivity index (χ3n) is 5.46. The number of hydrogen-bond donors (Lipinski definition) is 1. The van der Waals surface area contributed by atoms with Crippen molar-refractivity contribution in [3.63, 3.8) is 0 Å². The van der Waals surface area contributed by atoms with E-state index in [9.17, 15) is 9.59 Å². The third kappa shape index (κ3) is 5.86. The number of thioether (sulfide) groups is 1. The molecule has 9 heteroatoms. The number of hydrazone groups is 1. The van der Waals surface area contributed by atoms with Crippen molar-refractivity contribution >= 4 is 45.7 Å². The Hall–Kier alpha value is -3.30. The molecule has 1 aliphatic heterocycles. The van der Waals surface area contributed by atoms with Crippen LogP contribution in [-0.2, 0) is 11.3 Å². The van der Waals surface area contributed by atoms with Gasteiger partial charge in [0.1, 0.15) is 5.37 Å². The molecule has 0 bridgehead atoms. The molecule has 2 amide bonds. The Morgan fingerprint density at radius 1 is 1.14 bits per heavy atom. The predicted molar refractivity (Wildman–Crippen MR) is 141 cm³/mol. The number of carbonyl (C=O) groups is 2. The van der Waals surface area contributed by atoms with Crippen LogP contribution in [0.25, 0.3) is 0 Å². The average molecular weight is 554 g/mol. The Kier molecular flexibility index (Phi) is 8.09. The van der Waals surface area contributed by atoms with E-state index in [0.29, 0.717) is 33.8 Å². The van der Waals surface area contributed by atoms with E-state index in [4.69, 9.17) is 9.47 Å². The van der Waals surface area contributed by atoms with Gasteiger partial charge in [-0.1, -0.05) is 42.5 Å². The molecule has 35 heavy (non-hydrogen) atoms. The number of carbonyl (C=O) groups excluding carboxylic acids is 2. The van der Waals surface area contributed by atoms with E-state index in [0.717, 1.165) is 16.7 Å². The molecule has 1 heterocycles. The highest BCUT2D eigenvalue weighted by molar-refractivity contribution is 9.10. The second kappa shape index (κ2) is 11.4. The lowest BCUT2D eigenvalue weighted by molar-refractivity contribution is -0.128. The lowest BCUT2D eigenvalue weighted by Gasteiger charge is -2.24. The molecular formula is C26H24BrN3O4S. The Bertz CT molecular complexity index is 1240. The van der Waals surface area contributed by atoms with Gasteiger partial charge in [-0.2, -0.15) is 5.10 Å². The zero-order valence-electron chi connectivity index (χ0n) is 19.2. The van der Waals surface area contributed by atoms with E-state index < -0.39 is 0 Å². The summed E-state index contributed by atoms with van der Waals surface area (Å²) in [5.41, 5.74) is 5.81. The van der Waals surface area contributed by atoms with Gasteiger partial charge in [0.2, 0.25) is 5.91 Å². The van der Waals surface area contributed by atoms with Gasteiger partial charge < -0.3 is 14.4 Å². The number of nitrogens with one attached hydrogen (secondary N) is 1. The first-order chi connectivity index (χ1) is 17.0. The molecule has 180 valence electrons. The number of ether oxygens (including phenoxy) is 2. The van der Waals surface area contributed by atoms with Crippen LogP contribution in [0.1, 0.15) is 32.4 Å². The number of rotatable bonds is 8. The summed E-state index contributed by atoms with van der Waals surface area (Å²) in [6.07, 6.45) is 1.53. The maximum absolute atomic E-state index is 12.6. The molecule has 0 radical (unpaired) electrons. The minimum Gasteiger partial charge on any atom is -0.493 e. The van der Waals surface area contributed by atoms with Gasteiger partial charge in [-0.15, -0.1) is 11.8 Å². The summed E-state index contributed by atoms with van der Waals surface area (Å²) in [7, 11) is 3.11. The van der Waals surface area contributed by atoms with E-state index in [1.54, 1.807) is 44.2 Å². The first kappa shape index (κ1) is 24.8. The van der Waals surface area contributed by atoms with Crippen molar-refractivity contribution < 1.29 is 19.1 Å². The van der Waals surface area contributed by atoms with Gasteiger partial charge in [0.15, 0.2) is 11.5 Å². The molecule has 1 fully saturated rings. The van der Waals surface area contributed by atoms with Gasteiger partial charge in [0, 0.05) is 12.1 Å². The standard InChI is InChI=1S/C26H24BrN3O4S/c1-33-22-13-18(12-21(27)24(22)34-2)14-28-29-25(32)19-8-10-20(11-9-19)26-30(23(31)16-35-26)15-17-6-4-3-5-7-17/h3-14,26H,15-16H2,1-2H3,(H,29,32)/b28-14-/t26-/m1/s1. The summed E-state index contributed by atoms with van der Waals surface area (Å²) in [5.74, 6) is 1.36. The number of benzene rings is 3. The molecule has 0 aromatic heterocycles. The molecule has 1 saturated heterocycles. The van der Waals surface area contributed by atoms with Crippen LogP contribution in [0.5, 0.6) is 11.5 Å². The average Bonchev–Trinajstić information content (AvgIpc) is 3.24. The summed E-state index contributed by atoms with van der Waals surface area (Å²) in [5, 5.41) is 3.98. The van der Waals surface area contributed by atoms with E-state index >= 15 is 0 Å². The van der Waals surface area contributed by atoms with E-state index in [1.807, 2.05) is 53.4 Å². The predicted octanol–water partition coefficient (Wildman–Crippen LogP) is 5.00. The topological polar surface area (TPSA) is 80.2 Å². The smallest absolute Gasteiger partial charge is 0.271 e. The zero-order valence-corrected chi connectivity index (χ0v) is 21.6. The summed E-state index contributed by atoms with van der Waals surface area (Å²) in [6.45, 7) is 0.556. The lowest BCUT2D eigenvalue weighted by Crippen LogP contribution is -2.27. The molecule has 0 aliphatic carbocycles. The second-order valence-corrected chi connectivity index (χ2v) is 9.65. The number of nitrogens with zero attached hydrogens (tertiary/aromatic N) is 2. The van der Waals surface area contributed by atoms with Crippen LogP contribution < -0.4 is 14.9 Å². The maximum Gasteiger partial charge on any atom is 0.271 e. The molecule has 0 spiro atoms. The summed E-state index contributed by atoms with van der Waals surface area (Å²) in [6, 6.07) is 20.8. The van der Waals surface area contributed by atoms with Crippen LogP contribution in [0.4, 0.5) is 0 Å². The van der Waals surface area contributed by atoms with Crippen molar-refractivity contribution in [3.8, 4) is 11.5 Å². The SMILES string of the molecule is COc1cc(/C=N\NC(=O)c2ccc([C@H]3SCC(=O)N3Cc3ccccc3)cc2)cc(Br)c1OC. The van der Waals surface area contributed by atoms with E-state index in [-0.39, 0.29) is 17.2 Å². The van der Waals surface area contributed by atoms with Gasteiger partial charge in [-0.25, -0.2) is 5.43 Å². The Morgan fingerprint density at radius 3 is 2.57 bits per heavy atom. The molecule has 0 saturated carbocycles. The fourth-order valence-electron chi connectivity index (χ4n) is 3.72. The lowest BCUT2D eigenvalue weighted by atomic mass is 10.1. The van der Waals surface area contributed by atoms with Gasteiger partial charge in [0.25, 0.3) is 5.91 Å². The van der Waals surface area contributed by atoms with Gasteiger partial charge in [-0.3, -0.25) is 9.59 Å². The van der Waals surface area contributed by atoms with Crippen molar-refractivity contribution in [3.05, 3.63) is 93.5 Å². The van der Waals surface area contributed by atoms with E-state index in [2.05, 4.69) is 26.5 Å². The highest BCUT2D eigenvalue weighted by Crippen LogP contribution is 2.39. The Labute approximate surface area is 216 Å². The van der Waals surface area contributed by atoms with E-state index in [1.165, 1.54) is 6.21 Å². The van der Waals surface area contributed by atoms with Crippen LogP contribution in [0.3, 0.4) is 0 Å². The molecule has 1 atom stereocenters. The molecule has 1 aliphatic rings. The Balaban J connectivity index is 1.41. The van der Waals surface area contributed by atoms with Gasteiger partial charge >= 0.3 is 0 Å². The zero-order chi connectivity index (χ0) is 24.8. The highest BCUT2D eigenvalue weighted by Gasteiger charge is 2.32. The number of amides is 2. The fourth-order valence-corrected chi connectivity index (χ4v) is 5.53. The third-order valence-corrected chi connectivity index (χ3v) is 7.30. The summed E-state index contributed by atoms with van der Waals surface area (Å²) < 4.78 is 11.3. The van der Waals surface area contributed by atoms with Crippen LogP contribution in [0.2, 0.25) is 0 Å². The summed E-state index contributed by atoms with van der Waals surface area (Å²) >= 11 is 5.03. The van der Waals surface area contributed by atoms with Crippen LogP contribution in [0.15, 0.2) is 76.3 Å². The first-order valence-corrected chi connectivity index (χ1v) is 12.6. The van der Waals surface area contributed by atoms with Crippen LogP contribution in [0, 0.1) is 0 Å². The highest BCUT2D eigenvalue weighted by atomic mass is 79.9. The molecule has 0 unspecified atom stereocenters. The summed E-state index contributed by atoms with van der Waals surface area (Å²) in [4.78, 5) is 26.9. The van der Waals surface area contributed by atoms with Crippen molar-refractivity contribution in [2.75, 3.05) is 20.0 Å². The van der Waals surface area contributed by atoms with Crippen molar-refractivity contribution in [1.29, 1.82) is 0 Å². The number of hydrogen-bond acceptors (Lipinski definition) is 6. The maximum atomic E-state index is 12.6. The number of methoxy groups -OCH3 is 2. The molecule has 7 nitrogen and oxygen atoms in total. The van der Waals surface area contributed by atoms with Crippen LogP contribution in [-0.4, -0.2) is 42.9 Å². The largest absolute Gasteiger partial charge is 0.493 e. The molecule has 3 aromatic carbocycles. The Morgan fingerprint density at radius 2 is 1.89 bits per heavy atom. The van der Waals surface area contributed by atoms with Crippen molar-refractivity contribution in [1.82, 2.24) is 10.3 Å². The molecular weight excluding hydrogens is 530 g/mol. The monoisotopic (exact) mass is 553 g/mol. The second-order valence-electron chi connectivity index (χ2n) is 7.73. The normalized spacial score (nSPS) is 15.5. The van der Waals surface area contributed by atoms with Crippen LogP contribution >= 0.6 is 27.7 Å².